The number of allylic oxidation sites excluding steroid dienone is 1. The number of rotatable bonds is 0. The summed E-state index contributed by atoms with van der Waals surface area (Å²) >= 11 is 1.90. The van der Waals surface area contributed by atoms with Crippen molar-refractivity contribution in [3.8, 4) is 0 Å². The second-order valence-electron chi connectivity index (χ2n) is 2.46. The molecule has 1 atom stereocenters. The number of aliphatic imine (C=N–C) groups is 1. The number of halogens is 1. The van der Waals surface area contributed by atoms with Crippen LogP contribution in [0, 0.1) is 0 Å². The Morgan fingerprint density at radius 3 is 3.45 bits per heavy atom. The predicted molar refractivity (Wildman–Crippen MR) is 52.7 cm³/mol. The molecule has 11 heavy (non-hydrogen) atoms. The van der Waals surface area contributed by atoms with E-state index in [9.17, 15) is 0 Å². The van der Waals surface area contributed by atoms with E-state index in [2.05, 4.69) is 16.4 Å². The minimum atomic E-state index is 0. The van der Waals surface area contributed by atoms with Gasteiger partial charge in [-0.2, -0.15) is 0 Å². The maximum absolute atomic E-state index is 4.20. The third-order valence-corrected chi connectivity index (χ3v) is 2.87. The van der Waals surface area contributed by atoms with Crippen molar-refractivity contribution in [2.24, 2.45) is 4.99 Å². The van der Waals surface area contributed by atoms with E-state index in [4.69, 9.17) is 0 Å². The quantitative estimate of drug-likeness (QED) is 0.625. The van der Waals surface area contributed by atoms with Crippen LogP contribution in [0.5, 0.6) is 0 Å². The Kier molecular flexibility index (Phi) is 3.43. The molecule has 2 rings (SSSR count). The highest BCUT2D eigenvalue weighted by atomic mass is 35.5. The monoisotopic (exact) mass is 190 g/mol. The highest BCUT2D eigenvalue weighted by Crippen LogP contribution is 2.27. The summed E-state index contributed by atoms with van der Waals surface area (Å²) in [4.78, 5) is 5.66. The molecule has 2 nitrogen and oxygen atoms in total. The number of nitrogens with zero attached hydrogens (tertiary/aromatic N) is 1. The van der Waals surface area contributed by atoms with E-state index in [-0.39, 0.29) is 12.4 Å². The van der Waals surface area contributed by atoms with Gasteiger partial charge in [-0.3, -0.25) is 4.99 Å². The van der Waals surface area contributed by atoms with Crippen LogP contribution >= 0.6 is 24.2 Å². The fraction of sp³-hybridized carbons (Fsp3) is 0.571. The lowest BCUT2D eigenvalue weighted by molar-refractivity contribution is 0.626. The van der Waals surface area contributed by atoms with Gasteiger partial charge in [0.25, 0.3) is 0 Å². The summed E-state index contributed by atoms with van der Waals surface area (Å²) in [5, 5.41) is 3.41. The fourth-order valence-corrected chi connectivity index (χ4v) is 2.25. The first-order valence-corrected chi connectivity index (χ1v) is 4.51. The molecular formula is C7H11ClN2S. The molecule has 4 heteroatoms. The SMILES string of the molecule is C1=NCCC2NCSC2=C1.Cl. The van der Waals surface area contributed by atoms with E-state index < -0.39 is 0 Å². The molecule has 0 aromatic carbocycles. The molecule has 1 fully saturated rings. The van der Waals surface area contributed by atoms with Crippen molar-refractivity contribution in [1.82, 2.24) is 5.32 Å². The van der Waals surface area contributed by atoms with Gasteiger partial charge in [0.2, 0.25) is 0 Å². The molecule has 1 saturated heterocycles. The molecule has 0 aromatic rings. The van der Waals surface area contributed by atoms with Crippen molar-refractivity contribution in [1.29, 1.82) is 0 Å². The normalized spacial score (nSPS) is 28.4. The van der Waals surface area contributed by atoms with Gasteiger partial charge in [0.05, 0.1) is 0 Å². The van der Waals surface area contributed by atoms with Crippen LogP contribution in [0.25, 0.3) is 0 Å². The van der Waals surface area contributed by atoms with Crippen molar-refractivity contribution in [2.45, 2.75) is 12.5 Å². The van der Waals surface area contributed by atoms with Gasteiger partial charge in [0.1, 0.15) is 0 Å². The van der Waals surface area contributed by atoms with E-state index >= 15 is 0 Å². The van der Waals surface area contributed by atoms with Gasteiger partial charge < -0.3 is 5.32 Å². The Labute approximate surface area is 76.9 Å². The van der Waals surface area contributed by atoms with Crippen molar-refractivity contribution < 1.29 is 0 Å². The van der Waals surface area contributed by atoms with Gasteiger partial charge in [-0.25, -0.2) is 0 Å². The van der Waals surface area contributed by atoms with E-state index in [1.165, 1.54) is 4.91 Å². The highest BCUT2D eigenvalue weighted by Gasteiger charge is 2.20. The third-order valence-electron chi connectivity index (χ3n) is 1.80. The maximum Gasteiger partial charge on any atom is 0.0468 e. The molecule has 2 heterocycles. The number of thioether (sulfide) groups is 1. The molecule has 2 aliphatic heterocycles. The minimum Gasteiger partial charge on any atom is -0.300 e. The lowest BCUT2D eigenvalue weighted by Crippen LogP contribution is -2.22. The van der Waals surface area contributed by atoms with Crippen LogP contribution in [-0.2, 0) is 0 Å². The Morgan fingerprint density at radius 2 is 2.55 bits per heavy atom. The molecular weight excluding hydrogens is 180 g/mol. The summed E-state index contributed by atoms with van der Waals surface area (Å²) in [5.41, 5.74) is 0. The molecule has 0 aliphatic carbocycles. The van der Waals surface area contributed by atoms with Gasteiger partial charge in [0.15, 0.2) is 0 Å². The van der Waals surface area contributed by atoms with Gasteiger partial charge >= 0.3 is 0 Å². The summed E-state index contributed by atoms with van der Waals surface area (Å²) in [5.74, 6) is 1.07. The molecule has 62 valence electrons. The van der Waals surface area contributed by atoms with E-state index in [1.54, 1.807) is 0 Å². The van der Waals surface area contributed by atoms with Crippen LogP contribution in [0.3, 0.4) is 0 Å². The van der Waals surface area contributed by atoms with Crippen molar-refractivity contribution >= 4 is 30.4 Å². The Bertz CT molecular complexity index is 191. The largest absolute Gasteiger partial charge is 0.300 e. The molecule has 0 saturated carbocycles. The predicted octanol–water partition coefficient (Wildman–Crippen LogP) is 1.43. The van der Waals surface area contributed by atoms with E-state index in [1.807, 2.05) is 18.0 Å². The van der Waals surface area contributed by atoms with Gasteiger partial charge in [-0.1, -0.05) is 0 Å². The zero-order valence-corrected chi connectivity index (χ0v) is 7.75. The van der Waals surface area contributed by atoms with Gasteiger partial charge in [-0.05, 0) is 12.5 Å². The van der Waals surface area contributed by atoms with Crippen LogP contribution in [0.15, 0.2) is 16.0 Å². The summed E-state index contributed by atoms with van der Waals surface area (Å²) in [6.45, 7) is 0.970. The first-order chi connectivity index (χ1) is 4.97. The van der Waals surface area contributed by atoms with Crippen molar-refractivity contribution in [3.63, 3.8) is 0 Å². The number of nitrogens with one attached hydrogen (secondary N) is 1. The maximum atomic E-state index is 4.20. The van der Waals surface area contributed by atoms with Crippen LogP contribution in [-0.4, -0.2) is 24.7 Å². The Morgan fingerprint density at radius 1 is 1.64 bits per heavy atom. The lowest BCUT2D eigenvalue weighted by atomic mass is 10.2. The minimum absolute atomic E-state index is 0. The number of hydrogen-bond donors (Lipinski definition) is 1. The zero-order chi connectivity index (χ0) is 6.81. The lowest BCUT2D eigenvalue weighted by Gasteiger charge is -2.06. The van der Waals surface area contributed by atoms with Gasteiger partial charge in [-0.15, -0.1) is 24.2 Å². The van der Waals surface area contributed by atoms with Crippen LogP contribution in [0.2, 0.25) is 0 Å². The van der Waals surface area contributed by atoms with Crippen molar-refractivity contribution in [3.05, 3.63) is 11.0 Å². The first kappa shape index (κ1) is 9.10. The molecule has 0 spiro atoms. The smallest absolute Gasteiger partial charge is 0.0468 e. The van der Waals surface area contributed by atoms with E-state index in [0.717, 1.165) is 18.8 Å². The zero-order valence-electron chi connectivity index (χ0n) is 6.12. The molecule has 1 unspecified atom stereocenters. The number of hydrogen-bond acceptors (Lipinski definition) is 3. The second-order valence-corrected chi connectivity index (χ2v) is 3.51. The van der Waals surface area contributed by atoms with Crippen LogP contribution < -0.4 is 5.32 Å². The Balaban J connectivity index is 0.000000605. The highest BCUT2D eigenvalue weighted by molar-refractivity contribution is 8.03. The molecule has 1 N–H and O–H groups in total. The standard InChI is InChI=1S/C7H10N2S.ClH/c1-3-8-4-2-7-6(1)9-5-10-7;/h2,4,6,9H,1,3,5H2;1H. The second kappa shape index (κ2) is 4.14. The summed E-state index contributed by atoms with van der Waals surface area (Å²) in [6, 6.07) is 0.604. The van der Waals surface area contributed by atoms with Crippen molar-refractivity contribution in [2.75, 3.05) is 12.4 Å². The summed E-state index contributed by atoms with van der Waals surface area (Å²) < 4.78 is 0. The van der Waals surface area contributed by atoms with Crippen LogP contribution in [0.4, 0.5) is 0 Å². The molecule has 0 amide bonds. The third kappa shape index (κ3) is 1.98. The summed E-state index contributed by atoms with van der Waals surface area (Å²) in [7, 11) is 0. The fourth-order valence-electron chi connectivity index (χ4n) is 1.24. The van der Waals surface area contributed by atoms with E-state index in [0.29, 0.717) is 6.04 Å². The van der Waals surface area contributed by atoms with Crippen LogP contribution in [0.1, 0.15) is 6.42 Å². The topological polar surface area (TPSA) is 24.4 Å². The number of fused-ring (bicyclic) bond motifs is 1. The molecule has 2 aliphatic rings. The molecule has 0 aromatic heterocycles. The first-order valence-electron chi connectivity index (χ1n) is 3.53. The molecule has 0 bridgehead atoms. The summed E-state index contributed by atoms with van der Waals surface area (Å²) in [6.07, 6.45) is 5.22. The average molecular weight is 191 g/mol. The average Bonchev–Trinajstić information content (AvgIpc) is 2.28. The Hall–Kier alpha value is 0.01000. The molecule has 0 radical (unpaired) electrons. The van der Waals surface area contributed by atoms with Gasteiger partial charge in [0, 0.05) is 29.6 Å².